The minimum absolute atomic E-state index is 0.203. The predicted octanol–water partition coefficient (Wildman–Crippen LogP) is 4.20. The van der Waals surface area contributed by atoms with Crippen molar-refractivity contribution in [2.75, 3.05) is 5.32 Å². The summed E-state index contributed by atoms with van der Waals surface area (Å²) >= 11 is 0. The van der Waals surface area contributed by atoms with Gasteiger partial charge in [-0.15, -0.1) is 0 Å². The first kappa shape index (κ1) is 16.6. The first-order valence-corrected chi connectivity index (χ1v) is 7.93. The van der Waals surface area contributed by atoms with Crippen LogP contribution < -0.4 is 10.6 Å². The summed E-state index contributed by atoms with van der Waals surface area (Å²) in [6, 6.07) is 17.6. The molecule has 1 aromatic heterocycles. The Labute approximate surface area is 145 Å². The average molecular weight is 335 g/mol. The topological polar surface area (TPSA) is 54.0 Å². The second-order valence-electron chi connectivity index (χ2n) is 5.71. The summed E-state index contributed by atoms with van der Waals surface area (Å²) in [7, 11) is 0. The third-order valence-electron chi connectivity index (χ3n) is 3.74. The Morgan fingerprint density at radius 2 is 1.80 bits per heavy atom. The molecule has 3 rings (SSSR count). The monoisotopic (exact) mass is 335 g/mol. The second kappa shape index (κ2) is 7.57. The Kier molecular flexibility index (Phi) is 5.04. The highest BCUT2D eigenvalue weighted by Crippen LogP contribution is 2.18. The molecule has 0 bridgehead atoms. The molecular formula is C20H18FN3O. The lowest BCUT2D eigenvalue weighted by Crippen LogP contribution is -2.22. The molecule has 0 aliphatic rings. The van der Waals surface area contributed by atoms with Gasteiger partial charge in [0.25, 0.3) is 5.91 Å². The lowest BCUT2D eigenvalue weighted by Gasteiger charge is -2.08. The number of pyridine rings is 1. The maximum absolute atomic E-state index is 13.6. The van der Waals surface area contributed by atoms with Crippen LogP contribution in [0, 0.1) is 12.7 Å². The van der Waals surface area contributed by atoms with Crippen LogP contribution in [0.25, 0.3) is 0 Å². The fourth-order valence-electron chi connectivity index (χ4n) is 2.29. The van der Waals surface area contributed by atoms with Crippen molar-refractivity contribution < 1.29 is 9.18 Å². The minimum Gasteiger partial charge on any atom is -0.348 e. The number of benzene rings is 2. The second-order valence-corrected chi connectivity index (χ2v) is 5.71. The molecule has 1 heterocycles. The van der Waals surface area contributed by atoms with E-state index in [-0.39, 0.29) is 11.7 Å². The number of nitrogens with zero attached hydrogens (tertiary/aromatic N) is 1. The summed E-state index contributed by atoms with van der Waals surface area (Å²) in [6.45, 7) is 2.47. The molecule has 3 aromatic rings. The molecule has 0 spiro atoms. The van der Waals surface area contributed by atoms with E-state index in [1.54, 1.807) is 30.3 Å². The van der Waals surface area contributed by atoms with Gasteiger partial charge < -0.3 is 10.6 Å². The normalized spacial score (nSPS) is 10.3. The van der Waals surface area contributed by atoms with Crippen LogP contribution >= 0.6 is 0 Å². The fraction of sp³-hybridized carbons (Fsp3) is 0.100. The van der Waals surface area contributed by atoms with Gasteiger partial charge in [0, 0.05) is 12.7 Å². The number of carbonyl (C=O) groups is 1. The standard InChI is InChI=1S/C20H18FN3O/c1-14-6-8-15(9-7-14)12-23-20(25)16-10-11-19(22-13-16)24-18-5-3-2-4-17(18)21/h2-11,13H,12H2,1H3,(H,22,24)(H,23,25). The van der Waals surface area contributed by atoms with E-state index in [1.165, 1.54) is 17.8 Å². The van der Waals surface area contributed by atoms with Gasteiger partial charge in [-0.1, -0.05) is 42.0 Å². The highest BCUT2D eigenvalue weighted by atomic mass is 19.1. The number of hydrogen-bond acceptors (Lipinski definition) is 3. The van der Waals surface area contributed by atoms with Gasteiger partial charge in [-0.25, -0.2) is 9.37 Å². The van der Waals surface area contributed by atoms with Crippen molar-refractivity contribution in [3.05, 3.63) is 89.4 Å². The number of aryl methyl sites for hydroxylation is 1. The number of para-hydroxylation sites is 1. The molecule has 25 heavy (non-hydrogen) atoms. The Morgan fingerprint density at radius 3 is 2.48 bits per heavy atom. The van der Waals surface area contributed by atoms with Crippen LogP contribution in [-0.2, 0) is 6.54 Å². The molecule has 0 unspecified atom stereocenters. The van der Waals surface area contributed by atoms with Gasteiger partial charge in [0.2, 0.25) is 0 Å². The van der Waals surface area contributed by atoms with Crippen molar-refractivity contribution in [2.45, 2.75) is 13.5 Å². The lowest BCUT2D eigenvalue weighted by atomic mass is 10.1. The van der Waals surface area contributed by atoms with Crippen LogP contribution in [-0.4, -0.2) is 10.9 Å². The van der Waals surface area contributed by atoms with Crippen molar-refractivity contribution >= 4 is 17.4 Å². The van der Waals surface area contributed by atoms with E-state index in [0.29, 0.717) is 23.6 Å². The maximum Gasteiger partial charge on any atom is 0.253 e. The third kappa shape index (κ3) is 4.41. The summed E-state index contributed by atoms with van der Waals surface area (Å²) in [5.74, 6) is -0.0880. The van der Waals surface area contributed by atoms with Gasteiger partial charge in [0.05, 0.1) is 11.3 Å². The first-order valence-electron chi connectivity index (χ1n) is 7.93. The van der Waals surface area contributed by atoms with Gasteiger partial charge in [-0.3, -0.25) is 4.79 Å². The highest BCUT2D eigenvalue weighted by Gasteiger charge is 2.07. The molecule has 0 fully saturated rings. The number of anilines is 2. The van der Waals surface area contributed by atoms with Crippen molar-refractivity contribution in [2.24, 2.45) is 0 Å². The zero-order valence-corrected chi connectivity index (χ0v) is 13.8. The summed E-state index contributed by atoms with van der Waals surface area (Å²) < 4.78 is 13.6. The molecule has 0 atom stereocenters. The van der Waals surface area contributed by atoms with E-state index in [1.807, 2.05) is 31.2 Å². The molecule has 5 heteroatoms. The van der Waals surface area contributed by atoms with E-state index in [2.05, 4.69) is 15.6 Å². The van der Waals surface area contributed by atoms with E-state index < -0.39 is 0 Å². The van der Waals surface area contributed by atoms with Gasteiger partial charge in [0.1, 0.15) is 11.6 Å². The van der Waals surface area contributed by atoms with Gasteiger partial charge >= 0.3 is 0 Å². The van der Waals surface area contributed by atoms with Crippen LogP contribution in [0.2, 0.25) is 0 Å². The number of hydrogen-bond donors (Lipinski definition) is 2. The number of halogens is 1. The van der Waals surface area contributed by atoms with E-state index in [9.17, 15) is 9.18 Å². The van der Waals surface area contributed by atoms with Crippen LogP contribution in [0.5, 0.6) is 0 Å². The molecule has 1 amide bonds. The SMILES string of the molecule is Cc1ccc(CNC(=O)c2ccc(Nc3ccccc3F)nc2)cc1. The minimum atomic E-state index is -0.357. The van der Waals surface area contributed by atoms with Crippen LogP contribution in [0.1, 0.15) is 21.5 Å². The number of carbonyl (C=O) groups excluding carboxylic acids is 1. The average Bonchev–Trinajstić information content (AvgIpc) is 2.63. The van der Waals surface area contributed by atoms with E-state index >= 15 is 0 Å². The fourth-order valence-corrected chi connectivity index (χ4v) is 2.29. The molecule has 2 N–H and O–H groups in total. The van der Waals surface area contributed by atoms with Crippen LogP contribution in [0.4, 0.5) is 15.9 Å². The van der Waals surface area contributed by atoms with Gasteiger partial charge in [0.15, 0.2) is 0 Å². The smallest absolute Gasteiger partial charge is 0.253 e. The maximum atomic E-state index is 13.6. The number of rotatable bonds is 5. The zero-order valence-electron chi connectivity index (χ0n) is 13.8. The largest absolute Gasteiger partial charge is 0.348 e. The van der Waals surface area contributed by atoms with Crippen LogP contribution in [0.15, 0.2) is 66.9 Å². The van der Waals surface area contributed by atoms with Gasteiger partial charge in [-0.05, 0) is 36.8 Å². The number of nitrogens with one attached hydrogen (secondary N) is 2. The highest BCUT2D eigenvalue weighted by molar-refractivity contribution is 5.94. The summed E-state index contributed by atoms with van der Waals surface area (Å²) in [6.07, 6.45) is 1.47. The number of aromatic nitrogens is 1. The van der Waals surface area contributed by atoms with Crippen LogP contribution in [0.3, 0.4) is 0 Å². The molecule has 0 aliphatic heterocycles. The third-order valence-corrected chi connectivity index (χ3v) is 3.74. The Hall–Kier alpha value is -3.21. The number of amides is 1. The van der Waals surface area contributed by atoms with Gasteiger partial charge in [-0.2, -0.15) is 0 Å². The van der Waals surface area contributed by atoms with E-state index in [4.69, 9.17) is 0 Å². The van der Waals surface area contributed by atoms with Crippen molar-refractivity contribution in [3.8, 4) is 0 Å². The van der Waals surface area contributed by atoms with Crippen molar-refractivity contribution in [1.29, 1.82) is 0 Å². The van der Waals surface area contributed by atoms with Crippen molar-refractivity contribution in [3.63, 3.8) is 0 Å². The molecular weight excluding hydrogens is 317 g/mol. The van der Waals surface area contributed by atoms with E-state index in [0.717, 1.165) is 5.56 Å². The molecule has 0 saturated heterocycles. The van der Waals surface area contributed by atoms with Crippen molar-refractivity contribution in [1.82, 2.24) is 10.3 Å². The molecule has 126 valence electrons. The zero-order chi connectivity index (χ0) is 17.6. The lowest BCUT2D eigenvalue weighted by molar-refractivity contribution is 0.0950. The molecule has 0 saturated carbocycles. The Balaban J connectivity index is 1.60. The molecule has 2 aromatic carbocycles. The molecule has 0 aliphatic carbocycles. The predicted molar refractivity (Wildman–Crippen MR) is 96.3 cm³/mol. The molecule has 4 nitrogen and oxygen atoms in total. The summed E-state index contributed by atoms with van der Waals surface area (Å²) in [5, 5.41) is 5.74. The Bertz CT molecular complexity index is 861. The summed E-state index contributed by atoms with van der Waals surface area (Å²) in [5.41, 5.74) is 3.00. The summed E-state index contributed by atoms with van der Waals surface area (Å²) in [4.78, 5) is 16.3. The quantitative estimate of drug-likeness (QED) is 0.735. The Morgan fingerprint density at radius 1 is 1.04 bits per heavy atom. The first-order chi connectivity index (χ1) is 12.1. The molecule has 0 radical (unpaired) electrons.